The molecule has 0 aliphatic heterocycles. The maximum absolute atomic E-state index is 5.73. The van der Waals surface area contributed by atoms with E-state index < -0.39 is 0 Å². The summed E-state index contributed by atoms with van der Waals surface area (Å²) in [5.41, 5.74) is 8.48. The summed E-state index contributed by atoms with van der Waals surface area (Å²) in [6, 6.07) is 13.1. The molecule has 1 aliphatic carbocycles. The van der Waals surface area contributed by atoms with E-state index in [-0.39, 0.29) is 30.9 Å². The van der Waals surface area contributed by atoms with Crippen LogP contribution in [0.5, 0.6) is 0 Å². The van der Waals surface area contributed by atoms with Crippen LogP contribution in [0.25, 0.3) is 16.3 Å². The molecular formula is C21H23Cl2OTi. The zero-order chi connectivity index (χ0) is 16.7. The average molecular weight is 410 g/mol. The minimum absolute atomic E-state index is 0. The van der Waals surface area contributed by atoms with Gasteiger partial charge in [0.2, 0.25) is 0 Å². The summed E-state index contributed by atoms with van der Waals surface area (Å²) < 4.78 is 5.73. The largest absolute Gasteiger partial charge is 1.00 e. The molecule has 1 nitrogen and oxygen atoms in total. The molecule has 2 unspecified atom stereocenters. The maximum Gasteiger partial charge on any atom is -1.00 e. The van der Waals surface area contributed by atoms with Crippen LogP contribution in [0.2, 0.25) is 0 Å². The molecule has 3 rings (SSSR count). The predicted octanol–water partition coefficient (Wildman–Crippen LogP) is 0.147. The molecule has 4 heteroatoms. The molecule has 25 heavy (non-hydrogen) atoms. The molecule has 2 atom stereocenters. The first-order valence-electron chi connectivity index (χ1n) is 8.20. The Morgan fingerprint density at radius 1 is 0.960 bits per heavy atom. The summed E-state index contributed by atoms with van der Waals surface area (Å²) in [6.45, 7) is 11.2. The van der Waals surface area contributed by atoms with E-state index in [0.29, 0.717) is 5.92 Å². The molecule has 0 spiro atoms. The van der Waals surface area contributed by atoms with Crippen LogP contribution in [0.15, 0.2) is 53.1 Å². The van der Waals surface area contributed by atoms with Crippen LogP contribution < -0.4 is 24.8 Å². The van der Waals surface area contributed by atoms with Gasteiger partial charge in [-0.25, -0.2) is 0 Å². The summed E-state index contributed by atoms with van der Waals surface area (Å²) in [5.74, 6) is 0.471. The average Bonchev–Trinajstić information content (AvgIpc) is 2.76. The van der Waals surface area contributed by atoms with Crippen LogP contribution in [-0.4, -0.2) is 0 Å². The van der Waals surface area contributed by atoms with Gasteiger partial charge in [-0.1, -0.05) is 0 Å². The number of hydrogen-bond acceptors (Lipinski definition) is 1. The van der Waals surface area contributed by atoms with Crippen molar-refractivity contribution in [1.82, 2.24) is 0 Å². The fraction of sp³-hybridized carbons (Fsp3) is 0.333. The molecule has 2 aromatic carbocycles. The Kier molecular flexibility index (Phi) is 7.99. The Morgan fingerprint density at radius 3 is 2.16 bits per heavy atom. The third kappa shape index (κ3) is 3.77. The first-order chi connectivity index (χ1) is 11.0. The normalized spacial score (nSPS) is 18.3. The van der Waals surface area contributed by atoms with Crippen molar-refractivity contribution in [2.75, 3.05) is 0 Å². The molecule has 2 aromatic rings. The van der Waals surface area contributed by atoms with E-state index in [0.717, 1.165) is 0 Å². The number of hydrogen-bond donors (Lipinski definition) is 0. The van der Waals surface area contributed by atoms with Crippen LogP contribution in [-0.2, 0) is 24.1 Å². The Labute approximate surface area is 175 Å². The molecule has 0 aromatic heterocycles. The van der Waals surface area contributed by atoms with Gasteiger partial charge in [0, 0.05) is 0 Å². The van der Waals surface area contributed by atoms with Crippen molar-refractivity contribution >= 4 is 16.3 Å². The van der Waals surface area contributed by atoms with Gasteiger partial charge in [-0.15, -0.1) is 0 Å². The minimum Gasteiger partial charge on any atom is -1.00 e. The summed E-state index contributed by atoms with van der Waals surface area (Å²) in [5, 5.41) is 2.58. The Balaban J connectivity index is 0.00000156. The van der Waals surface area contributed by atoms with Gasteiger partial charge in [-0.3, -0.25) is 0 Å². The third-order valence-corrected chi connectivity index (χ3v) is 6.04. The molecule has 0 saturated carbocycles. The number of benzene rings is 2. The summed E-state index contributed by atoms with van der Waals surface area (Å²) in [6.07, 6.45) is 0.0739. The van der Waals surface area contributed by atoms with E-state index in [4.69, 9.17) is 3.32 Å². The number of allylic oxidation sites excluding steroid dienone is 4. The third-order valence-electron chi connectivity index (χ3n) is 5.48. The first kappa shape index (κ1) is 22.5. The van der Waals surface area contributed by atoms with Gasteiger partial charge in [0.1, 0.15) is 0 Å². The fourth-order valence-corrected chi connectivity index (χ4v) is 4.01. The van der Waals surface area contributed by atoms with Crippen molar-refractivity contribution < 1.29 is 49.0 Å². The van der Waals surface area contributed by atoms with E-state index in [1.54, 1.807) is 20.8 Å². The smallest absolute Gasteiger partial charge is 1.00 e. The molecular weight excluding hydrogens is 387 g/mol. The van der Waals surface area contributed by atoms with Crippen molar-refractivity contribution in [2.24, 2.45) is 5.92 Å². The van der Waals surface area contributed by atoms with Crippen molar-refractivity contribution in [3.05, 3.63) is 64.2 Å². The van der Waals surface area contributed by atoms with Gasteiger partial charge in [0.25, 0.3) is 0 Å². The summed E-state index contributed by atoms with van der Waals surface area (Å²) >= 11 is 1.80. The summed E-state index contributed by atoms with van der Waals surface area (Å²) in [4.78, 5) is 0. The van der Waals surface area contributed by atoms with Crippen LogP contribution in [0.1, 0.15) is 51.8 Å². The second-order valence-corrected chi connectivity index (χ2v) is 6.94. The van der Waals surface area contributed by atoms with E-state index in [2.05, 4.69) is 71.0 Å². The number of rotatable bonds is 3. The topological polar surface area (TPSA) is 9.23 Å². The first-order valence-corrected chi connectivity index (χ1v) is 8.84. The van der Waals surface area contributed by atoms with Gasteiger partial charge in [-0.05, 0) is 0 Å². The fourth-order valence-electron chi connectivity index (χ4n) is 3.83. The molecule has 0 heterocycles. The van der Waals surface area contributed by atoms with Crippen molar-refractivity contribution in [1.29, 1.82) is 0 Å². The predicted molar refractivity (Wildman–Crippen MR) is 93.6 cm³/mol. The SMILES string of the molecule is CC1=C(C)C(C)C(c2ccc3ccccc3c2C(C)[O][Ti+2])=C1C.[Cl-].[Cl-]. The Hall–Kier alpha value is -0.566. The molecule has 0 radical (unpaired) electrons. The monoisotopic (exact) mass is 409 g/mol. The molecule has 0 bridgehead atoms. The molecule has 0 N–H and O–H groups in total. The maximum atomic E-state index is 5.73. The van der Waals surface area contributed by atoms with E-state index in [9.17, 15) is 0 Å². The Morgan fingerprint density at radius 2 is 1.60 bits per heavy atom. The molecule has 0 amide bonds. The Bertz CT molecular complexity index is 839. The quantitative estimate of drug-likeness (QED) is 0.655. The standard InChI is InChI=1S/C21H23O.2ClH.Ti/c1-12-13(2)15(4)20(14(12)3)19-11-10-17-8-6-7-9-18(17)21(19)16(5)22;;;/h6-11,14,16H,1-5H3;2*1H;/q-1;;;+3/p-2. The zero-order valence-corrected chi connectivity index (χ0v) is 18.4. The van der Waals surface area contributed by atoms with Crippen LogP contribution >= 0.6 is 0 Å². The van der Waals surface area contributed by atoms with E-state index in [1.165, 1.54) is 44.2 Å². The van der Waals surface area contributed by atoms with Gasteiger partial charge in [0.15, 0.2) is 0 Å². The zero-order valence-electron chi connectivity index (χ0n) is 15.3. The van der Waals surface area contributed by atoms with Crippen LogP contribution in [0.4, 0.5) is 0 Å². The van der Waals surface area contributed by atoms with Crippen LogP contribution in [0.3, 0.4) is 0 Å². The number of halogens is 2. The second-order valence-electron chi connectivity index (χ2n) is 6.58. The molecule has 0 saturated heterocycles. The molecule has 131 valence electrons. The van der Waals surface area contributed by atoms with Gasteiger partial charge >= 0.3 is 151 Å². The summed E-state index contributed by atoms with van der Waals surface area (Å²) in [7, 11) is 0. The van der Waals surface area contributed by atoms with Crippen molar-refractivity contribution in [2.45, 2.75) is 40.7 Å². The van der Waals surface area contributed by atoms with Crippen LogP contribution in [0, 0.1) is 5.92 Å². The van der Waals surface area contributed by atoms with Gasteiger partial charge in [0.05, 0.1) is 0 Å². The van der Waals surface area contributed by atoms with Crippen molar-refractivity contribution in [3.8, 4) is 0 Å². The van der Waals surface area contributed by atoms with Gasteiger partial charge in [-0.2, -0.15) is 0 Å². The second kappa shape index (κ2) is 8.88. The van der Waals surface area contributed by atoms with Crippen molar-refractivity contribution in [3.63, 3.8) is 0 Å². The number of fused-ring (bicyclic) bond motifs is 1. The van der Waals surface area contributed by atoms with Gasteiger partial charge < -0.3 is 24.8 Å². The van der Waals surface area contributed by atoms with E-state index >= 15 is 0 Å². The molecule has 0 fully saturated rings. The minimum atomic E-state index is 0. The van der Waals surface area contributed by atoms with E-state index in [1.807, 2.05) is 0 Å². The molecule has 1 aliphatic rings.